The van der Waals surface area contributed by atoms with Crippen molar-refractivity contribution in [2.45, 2.75) is 13.8 Å². The minimum atomic E-state index is 0.969. The number of nitrogens with two attached hydrogens (primary N) is 1. The van der Waals surface area contributed by atoms with Crippen molar-refractivity contribution in [2.24, 2.45) is 5.84 Å². The second kappa shape index (κ2) is 3.94. The lowest BCUT2D eigenvalue weighted by molar-refractivity contribution is 1.18. The maximum absolute atomic E-state index is 5.56. The third-order valence-electron chi connectivity index (χ3n) is 2.60. The molecular weight excluding hydrogens is 301 g/mol. The number of benzene rings is 1. The maximum atomic E-state index is 5.56. The summed E-state index contributed by atoms with van der Waals surface area (Å²) in [4.78, 5) is 4.58. The van der Waals surface area contributed by atoms with Crippen LogP contribution in [0, 0.1) is 17.4 Å². The summed E-state index contributed by atoms with van der Waals surface area (Å²) < 4.78 is 1.14. The molecule has 3 N–H and O–H groups in total. The molecule has 2 rings (SSSR count). The van der Waals surface area contributed by atoms with E-state index in [-0.39, 0.29) is 0 Å². The standard InChI is InChI=1S/C11H12IN3/c1-6-7(2)14-11-8(10(6)15-13)4-3-5-9(11)12/h3-5H,13H2,1-2H3,(H,14,15). The Morgan fingerprint density at radius 1 is 1.33 bits per heavy atom. The molecule has 0 radical (unpaired) electrons. The molecule has 1 aromatic heterocycles. The lowest BCUT2D eigenvalue weighted by atomic mass is 10.1. The van der Waals surface area contributed by atoms with E-state index < -0.39 is 0 Å². The number of nitrogens with one attached hydrogen (secondary N) is 1. The highest BCUT2D eigenvalue weighted by atomic mass is 127. The number of hydrogen-bond donors (Lipinski definition) is 2. The van der Waals surface area contributed by atoms with Crippen molar-refractivity contribution in [2.75, 3.05) is 5.43 Å². The monoisotopic (exact) mass is 313 g/mol. The van der Waals surface area contributed by atoms with E-state index in [0.29, 0.717) is 0 Å². The van der Waals surface area contributed by atoms with Gasteiger partial charge in [0.15, 0.2) is 0 Å². The predicted octanol–water partition coefficient (Wildman–Crippen LogP) is 2.74. The number of hydrazine groups is 1. The topological polar surface area (TPSA) is 50.9 Å². The number of hydrogen-bond acceptors (Lipinski definition) is 3. The first-order valence-electron chi connectivity index (χ1n) is 4.67. The summed E-state index contributed by atoms with van der Waals surface area (Å²) in [6, 6.07) is 6.10. The number of para-hydroxylation sites is 1. The van der Waals surface area contributed by atoms with Gasteiger partial charge in [-0.05, 0) is 48.1 Å². The summed E-state index contributed by atoms with van der Waals surface area (Å²) in [7, 11) is 0. The molecule has 0 saturated carbocycles. The van der Waals surface area contributed by atoms with E-state index in [2.05, 4.69) is 33.0 Å². The van der Waals surface area contributed by atoms with Gasteiger partial charge in [-0.1, -0.05) is 12.1 Å². The zero-order valence-corrected chi connectivity index (χ0v) is 10.8. The van der Waals surface area contributed by atoms with Crippen molar-refractivity contribution >= 4 is 39.2 Å². The Morgan fingerprint density at radius 3 is 2.73 bits per heavy atom. The number of rotatable bonds is 1. The van der Waals surface area contributed by atoms with Crippen LogP contribution in [0.2, 0.25) is 0 Å². The van der Waals surface area contributed by atoms with Crippen LogP contribution in [0.4, 0.5) is 5.69 Å². The van der Waals surface area contributed by atoms with E-state index in [9.17, 15) is 0 Å². The Labute approximate surface area is 102 Å². The van der Waals surface area contributed by atoms with Gasteiger partial charge in [0.25, 0.3) is 0 Å². The molecular formula is C11H12IN3. The molecule has 0 aliphatic rings. The number of pyridine rings is 1. The molecule has 4 heteroatoms. The summed E-state index contributed by atoms with van der Waals surface area (Å²) in [5, 5.41) is 1.08. The van der Waals surface area contributed by atoms with E-state index in [1.54, 1.807) is 0 Å². The highest BCUT2D eigenvalue weighted by Gasteiger charge is 2.09. The molecule has 0 amide bonds. The number of nitrogen functional groups attached to an aromatic ring is 1. The van der Waals surface area contributed by atoms with Crippen LogP contribution in [0.25, 0.3) is 10.9 Å². The average molecular weight is 313 g/mol. The average Bonchev–Trinajstić information content (AvgIpc) is 2.22. The maximum Gasteiger partial charge on any atom is 0.0859 e. The summed E-state index contributed by atoms with van der Waals surface area (Å²) in [5.41, 5.74) is 6.86. The van der Waals surface area contributed by atoms with Gasteiger partial charge in [-0.25, -0.2) is 0 Å². The Hall–Kier alpha value is -0.880. The molecule has 2 aromatic rings. The van der Waals surface area contributed by atoms with Crippen LogP contribution in [0.5, 0.6) is 0 Å². The molecule has 78 valence electrons. The van der Waals surface area contributed by atoms with E-state index in [4.69, 9.17) is 5.84 Å². The first kappa shape index (κ1) is 10.6. The fourth-order valence-electron chi connectivity index (χ4n) is 1.65. The number of aryl methyl sites for hydroxylation is 1. The van der Waals surface area contributed by atoms with Gasteiger partial charge < -0.3 is 5.43 Å². The highest BCUT2D eigenvalue weighted by Crippen LogP contribution is 2.29. The normalized spacial score (nSPS) is 10.7. The number of anilines is 1. The van der Waals surface area contributed by atoms with E-state index >= 15 is 0 Å². The zero-order valence-electron chi connectivity index (χ0n) is 8.63. The van der Waals surface area contributed by atoms with Crippen LogP contribution < -0.4 is 11.3 Å². The molecule has 0 unspecified atom stereocenters. The third kappa shape index (κ3) is 1.68. The predicted molar refractivity (Wildman–Crippen MR) is 71.7 cm³/mol. The van der Waals surface area contributed by atoms with E-state index in [1.165, 1.54) is 0 Å². The van der Waals surface area contributed by atoms with Gasteiger partial charge in [-0.2, -0.15) is 0 Å². The quantitative estimate of drug-likeness (QED) is 0.483. The molecule has 15 heavy (non-hydrogen) atoms. The number of halogens is 1. The fourth-order valence-corrected chi connectivity index (χ4v) is 2.27. The van der Waals surface area contributed by atoms with Crippen LogP contribution in [0.15, 0.2) is 18.2 Å². The van der Waals surface area contributed by atoms with Crippen molar-refractivity contribution in [3.63, 3.8) is 0 Å². The van der Waals surface area contributed by atoms with Crippen molar-refractivity contribution in [3.05, 3.63) is 33.0 Å². The molecule has 0 fully saturated rings. The van der Waals surface area contributed by atoms with Gasteiger partial charge in [0.1, 0.15) is 0 Å². The largest absolute Gasteiger partial charge is 0.323 e. The summed E-state index contributed by atoms with van der Waals surface area (Å²) in [5.74, 6) is 5.56. The molecule has 0 aliphatic carbocycles. The number of fused-ring (bicyclic) bond motifs is 1. The molecule has 0 aliphatic heterocycles. The summed E-state index contributed by atoms with van der Waals surface area (Å²) >= 11 is 2.29. The highest BCUT2D eigenvalue weighted by molar-refractivity contribution is 14.1. The van der Waals surface area contributed by atoms with Gasteiger partial charge in [-0.15, -0.1) is 0 Å². The Morgan fingerprint density at radius 2 is 2.07 bits per heavy atom. The molecule has 0 saturated heterocycles. The van der Waals surface area contributed by atoms with Gasteiger partial charge in [0.2, 0.25) is 0 Å². The second-order valence-corrected chi connectivity index (χ2v) is 4.64. The molecule has 0 bridgehead atoms. The summed E-state index contributed by atoms with van der Waals surface area (Å²) in [6.45, 7) is 4.02. The molecule has 0 spiro atoms. The number of nitrogens with zero attached hydrogens (tertiary/aromatic N) is 1. The number of aromatic nitrogens is 1. The lowest BCUT2D eigenvalue weighted by Crippen LogP contribution is -2.10. The molecule has 1 aromatic carbocycles. The first-order valence-corrected chi connectivity index (χ1v) is 5.75. The van der Waals surface area contributed by atoms with Gasteiger partial charge in [0.05, 0.1) is 11.2 Å². The first-order chi connectivity index (χ1) is 7.15. The van der Waals surface area contributed by atoms with Crippen molar-refractivity contribution in [1.29, 1.82) is 0 Å². The van der Waals surface area contributed by atoms with Crippen molar-refractivity contribution < 1.29 is 0 Å². The minimum Gasteiger partial charge on any atom is -0.323 e. The lowest BCUT2D eigenvalue weighted by Gasteiger charge is -2.12. The van der Waals surface area contributed by atoms with Crippen molar-refractivity contribution in [1.82, 2.24) is 4.98 Å². The Kier molecular flexibility index (Phi) is 2.79. The minimum absolute atomic E-state index is 0.969. The fraction of sp³-hybridized carbons (Fsp3) is 0.182. The van der Waals surface area contributed by atoms with Crippen molar-refractivity contribution in [3.8, 4) is 0 Å². The van der Waals surface area contributed by atoms with E-state index in [1.807, 2.05) is 32.0 Å². The molecule has 0 atom stereocenters. The summed E-state index contributed by atoms with van der Waals surface area (Å²) in [6.07, 6.45) is 0. The smallest absolute Gasteiger partial charge is 0.0859 e. The van der Waals surface area contributed by atoms with Crippen LogP contribution in [-0.4, -0.2) is 4.98 Å². The second-order valence-electron chi connectivity index (χ2n) is 3.48. The Balaban J connectivity index is 2.94. The van der Waals surface area contributed by atoms with Gasteiger partial charge in [-0.3, -0.25) is 10.8 Å². The van der Waals surface area contributed by atoms with Gasteiger partial charge >= 0.3 is 0 Å². The molecule has 1 heterocycles. The Bertz CT molecular complexity index is 523. The van der Waals surface area contributed by atoms with Crippen LogP contribution in [0.1, 0.15) is 11.3 Å². The third-order valence-corrected chi connectivity index (χ3v) is 3.47. The van der Waals surface area contributed by atoms with Gasteiger partial charge in [0, 0.05) is 14.7 Å². The van der Waals surface area contributed by atoms with Crippen LogP contribution in [0.3, 0.4) is 0 Å². The van der Waals surface area contributed by atoms with Crippen LogP contribution in [-0.2, 0) is 0 Å². The van der Waals surface area contributed by atoms with Crippen LogP contribution >= 0.6 is 22.6 Å². The SMILES string of the molecule is Cc1nc2c(I)cccc2c(NN)c1C. The zero-order chi connectivity index (χ0) is 11.0. The van der Waals surface area contributed by atoms with E-state index in [0.717, 1.165) is 31.4 Å². The molecule has 3 nitrogen and oxygen atoms in total.